The summed E-state index contributed by atoms with van der Waals surface area (Å²) in [5, 5.41) is 0. The maximum atomic E-state index is 13.0. The predicted molar refractivity (Wildman–Crippen MR) is 114 cm³/mol. The third kappa shape index (κ3) is 5.15. The number of sulfone groups is 1. The molecular weight excluding hydrogens is 388 g/mol. The number of hydrogen-bond donors (Lipinski definition) is 0. The molecule has 1 fully saturated rings. The molecular formula is C23H24O5S. The van der Waals surface area contributed by atoms with Crippen LogP contribution in [0.15, 0.2) is 58.5 Å². The lowest BCUT2D eigenvalue weighted by Gasteiger charge is -2.17. The van der Waals surface area contributed by atoms with Crippen molar-refractivity contribution < 1.29 is 22.7 Å². The van der Waals surface area contributed by atoms with Gasteiger partial charge in [-0.1, -0.05) is 12.1 Å². The van der Waals surface area contributed by atoms with E-state index in [1.54, 1.807) is 44.6 Å². The Hall–Kier alpha value is -2.86. The minimum atomic E-state index is -3.24. The van der Waals surface area contributed by atoms with Crippen molar-refractivity contribution in [1.82, 2.24) is 0 Å². The van der Waals surface area contributed by atoms with Gasteiger partial charge in [0, 0.05) is 23.5 Å². The normalized spacial score (nSPS) is 17.6. The summed E-state index contributed by atoms with van der Waals surface area (Å²) in [6.45, 7) is 0. The molecule has 1 saturated carbocycles. The summed E-state index contributed by atoms with van der Waals surface area (Å²) in [4.78, 5) is 13.2. The van der Waals surface area contributed by atoms with Gasteiger partial charge in [-0.25, -0.2) is 8.42 Å². The Labute approximate surface area is 171 Å². The highest BCUT2D eigenvalue weighted by Crippen LogP contribution is 2.30. The van der Waals surface area contributed by atoms with Crippen molar-refractivity contribution in [3.8, 4) is 11.5 Å². The number of ether oxygens (including phenoxy) is 2. The van der Waals surface area contributed by atoms with Crippen molar-refractivity contribution in [2.24, 2.45) is 0 Å². The molecule has 0 heterocycles. The van der Waals surface area contributed by atoms with Crippen molar-refractivity contribution in [2.45, 2.75) is 24.2 Å². The SMILES string of the molecule is COc1cc(C=C2CCCC(=Cc3ccc(S(C)(=O)=O)cc3)C2=O)cc(OC)c1. The molecule has 2 aromatic carbocycles. The largest absolute Gasteiger partial charge is 0.497 e. The molecule has 152 valence electrons. The molecule has 0 atom stereocenters. The van der Waals surface area contributed by atoms with Gasteiger partial charge in [0.05, 0.1) is 19.1 Å². The third-order valence-electron chi connectivity index (χ3n) is 4.84. The molecule has 5 nitrogen and oxygen atoms in total. The quantitative estimate of drug-likeness (QED) is 0.684. The maximum Gasteiger partial charge on any atom is 0.185 e. The van der Waals surface area contributed by atoms with Crippen molar-refractivity contribution in [1.29, 1.82) is 0 Å². The topological polar surface area (TPSA) is 69.7 Å². The highest BCUT2D eigenvalue weighted by atomic mass is 32.2. The molecule has 0 unspecified atom stereocenters. The lowest BCUT2D eigenvalue weighted by Crippen LogP contribution is -2.12. The van der Waals surface area contributed by atoms with E-state index in [-0.39, 0.29) is 10.7 Å². The standard InChI is InChI=1S/C23H24O5S/c1-27-20-13-17(14-21(15-20)28-2)12-19-6-4-5-18(23(19)24)11-16-7-9-22(10-8-16)29(3,25)26/h7-15H,4-6H2,1-3H3. The first-order valence-corrected chi connectivity index (χ1v) is 11.2. The van der Waals surface area contributed by atoms with E-state index in [0.717, 1.165) is 28.7 Å². The smallest absolute Gasteiger partial charge is 0.185 e. The zero-order valence-electron chi connectivity index (χ0n) is 16.8. The van der Waals surface area contributed by atoms with Crippen LogP contribution in [0.5, 0.6) is 11.5 Å². The van der Waals surface area contributed by atoms with Crippen LogP contribution < -0.4 is 9.47 Å². The van der Waals surface area contributed by atoms with E-state index in [1.807, 2.05) is 24.3 Å². The maximum absolute atomic E-state index is 13.0. The Morgan fingerprint density at radius 1 is 0.828 bits per heavy atom. The highest BCUT2D eigenvalue weighted by Gasteiger charge is 2.20. The van der Waals surface area contributed by atoms with E-state index in [2.05, 4.69) is 0 Å². The van der Waals surface area contributed by atoms with E-state index in [0.29, 0.717) is 24.3 Å². The number of ketones is 1. The molecule has 1 aliphatic carbocycles. The van der Waals surface area contributed by atoms with E-state index >= 15 is 0 Å². The lowest BCUT2D eigenvalue weighted by atomic mass is 9.87. The van der Waals surface area contributed by atoms with E-state index in [4.69, 9.17) is 9.47 Å². The molecule has 0 spiro atoms. The molecule has 0 amide bonds. The van der Waals surface area contributed by atoms with Gasteiger partial charge in [0.25, 0.3) is 0 Å². The first-order valence-electron chi connectivity index (χ1n) is 9.29. The molecule has 2 aromatic rings. The van der Waals surface area contributed by atoms with Crippen LogP contribution in [0.1, 0.15) is 30.4 Å². The van der Waals surface area contributed by atoms with Gasteiger partial charge in [-0.15, -0.1) is 0 Å². The van der Waals surface area contributed by atoms with E-state index < -0.39 is 9.84 Å². The van der Waals surface area contributed by atoms with Crippen LogP contribution in [0.2, 0.25) is 0 Å². The average molecular weight is 413 g/mol. The van der Waals surface area contributed by atoms with Crippen molar-refractivity contribution in [3.63, 3.8) is 0 Å². The van der Waals surface area contributed by atoms with Gasteiger partial charge in [-0.2, -0.15) is 0 Å². The fourth-order valence-electron chi connectivity index (χ4n) is 3.30. The summed E-state index contributed by atoms with van der Waals surface area (Å²) in [5.74, 6) is 1.35. The second kappa shape index (κ2) is 8.66. The van der Waals surface area contributed by atoms with Gasteiger partial charge < -0.3 is 9.47 Å². The number of methoxy groups -OCH3 is 2. The molecule has 0 aliphatic heterocycles. The number of rotatable bonds is 5. The summed E-state index contributed by atoms with van der Waals surface area (Å²) in [5.41, 5.74) is 3.13. The van der Waals surface area contributed by atoms with Crippen LogP contribution in [0.25, 0.3) is 12.2 Å². The molecule has 6 heteroatoms. The summed E-state index contributed by atoms with van der Waals surface area (Å²) in [7, 11) is -0.0543. The second-order valence-corrected chi connectivity index (χ2v) is 9.02. The molecule has 0 N–H and O–H groups in total. The monoisotopic (exact) mass is 412 g/mol. The predicted octanol–water partition coefficient (Wildman–Crippen LogP) is 4.33. The molecule has 0 aromatic heterocycles. The number of carbonyl (C=O) groups excluding carboxylic acids is 1. The number of benzene rings is 2. The summed E-state index contributed by atoms with van der Waals surface area (Å²) < 4.78 is 33.8. The van der Waals surface area contributed by atoms with Crippen LogP contribution in [0.3, 0.4) is 0 Å². The van der Waals surface area contributed by atoms with Crippen LogP contribution in [-0.2, 0) is 14.6 Å². The molecule has 0 saturated heterocycles. The number of allylic oxidation sites excluding steroid dienone is 2. The van der Waals surface area contributed by atoms with Gasteiger partial charge in [0.1, 0.15) is 11.5 Å². The van der Waals surface area contributed by atoms with Gasteiger partial charge >= 0.3 is 0 Å². The second-order valence-electron chi connectivity index (χ2n) is 7.01. The van der Waals surface area contributed by atoms with Gasteiger partial charge in [-0.3, -0.25) is 4.79 Å². The summed E-state index contributed by atoms with van der Waals surface area (Å²) in [6.07, 6.45) is 7.19. The Balaban J connectivity index is 1.88. The van der Waals surface area contributed by atoms with Crippen LogP contribution in [0.4, 0.5) is 0 Å². The van der Waals surface area contributed by atoms with Crippen molar-refractivity contribution >= 4 is 27.8 Å². The van der Waals surface area contributed by atoms with Crippen molar-refractivity contribution in [2.75, 3.05) is 20.5 Å². The molecule has 29 heavy (non-hydrogen) atoms. The molecule has 1 aliphatic rings. The summed E-state index contributed by atoms with van der Waals surface area (Å²) >= 11 is 0. The molecule has 3 rings (SSSR count). The number of hydrogen-bond acceptors (Lipinski definition) is 5. The van der Waals surface area contributed by atoms with E-state index in [1.165, 1.54) is 6.26 Å². The van der Waals surface area contributed by atoms with Crippen molar-refractivity contribution in [3.05, 3.63) is 64.7 Å². The van der Waals surface area contributed by atoms with Gasteiger partial charge in [-0.05, 0) is 66.8 Å². The van der Waals surface area contributed by atoms with Crippen LogP contribution in [-0.4, -0.2) is 34.7 Å². The lowest BCUT2D eigenvalue weighted by molar-refractivity contribution is -0.112. The molecule has 0 radical (unpaired) electrons. The van der Waals surface area contributed by atoms with Gasteiger partial charge in [0.15, 0.2) is 15.6 Å². The first-order chi connectivity index (χ1) is 13.8. The number of Topliss-reactive ketones (excluding diaryl/α,β-unsaturated/α-hetero) is 1. The average Bonchev–Trinajstić information content (AvgIpc) is 2.70. The number of carbonyl (C=O) groups is 1. The zero-order valence-corrected chi connectivity index (χ0v) is 17.6. The fraction of sp³-hybridized carbons (Fsp3) is 0.261. The highest BCUT2D eigenvalue weighted by molar-refractivity contribution is 7.90. The zero-order chi connectivity index (χ0) is 21.0. The molecule has 0 bridgehead atoms. The third-order valence-corrected chi connectivity index (χ3v) is 5.97. The Kier molecular flexibility index (Phi) is 6.23. The fourth-order valence-corrected chi connectivity index (χ4v) is 3.93. The van der Waals surface area contributed by atoms with Crippen LogP contribution in [0, 0.1) is 0 Å². The Bertz CT molecular complexity index is 1050. The van der Waals surface area contributed by atoms with E-state index in [9.17, 15) is 13.2 Å². The van der Waals surface area contributed by atoms with Crippen LogP contribution >= 0.6 is 0 Å². The summed E-state index contributed by atoms with van der Waals surface area (Å²) in [6, 6.07) is 12.1. The Morgan fingerprint density at radius 3 is 1.83 bits per heavy atom. The minimum absolute atomic E-state index is 0.0187. The Morgan fingerprint density at radius 2 is 1.34 bits per heavy atom. The first kappa shape index (κ1) is 20.9. The minimum Gasteiger partial charge on any atom is -0.497 e. The van der Waals surface area contributed by atoms with Gasteiger partial charge in [0.2, 0.25) is 0 Å².